The van der Waals surface area contributed by atoms with Gasteiger partial charge in [-0.25, -0.2) is 4.98 Å². The van der Waals surface area contributed by atoms with Crippen LogP contribution in [0.25, 0.3) is 16.9 Å². The van der Waals surface area contributed by atoms with E-state index in [0.29, 0.717) is 13.0 Å². The van der Waals surface area contributed by atoms with Gasteiger partial charge in [0.25, 0.3) is 0 Å². The van der Waals surface area contributed by atoms with Gasteiger partial charge >= 0.3 is 0 Å². The van der Waals surface area contributed by atoms with E-state index >= 15 is 0 Å². The van der Waals surface area contributed by atoms with Gasteiger partial charge in [-0.2, -0.15) is 0 Å². The molecule has 31 heavy (non-hydrogen) atoms. The average molecular weight is 415 g/mol. The highest BCUT2D eigenvalue weighted by molar-refractivity contribution is 5.91. The summed E-state index contributed by atoms with van der Waals surface area (Å²) in [5.74, 6) is 1.52. The average Bonchev–Trinajstić information content (AvgIpc) is 3.12. The number of anilines is 2. The maximum absolute atomic E-state index is 12.5. The van der Waals surface area contributed by atoms with Crippen LogP contribution in [-0.2, 0) is 4.79 Å². The van der Waals surface area contributed by atoms with Crippen molar-refractivity contribution in [2.45, 2.75) is 20.3 Å². The van der Waals surface area contributed by atoms with Gasteiger partial charge in [-0.3, -0.25) is 14.2 Å². The smallest absolute Gasteiger partial charge is 0.226 e. The number of methoxy groups -OCH3 is 1. The summed E-state index contributed by atoms with van der Waals surface area (Å²) in [5.41, 5.74) is 5.49. The number of benzene rings is 2. The molecule has 7 heteroatoms. The largest absolute Gasteiger partial charge is 0.497 e. The van der Waals surface area contributed by atoms with E-state index in [1.165, 1.54) is 0 Å². The van der Waals surface area contributed by atoms with Crippen LogP contribution in [0.2, 0.25) is 0 Å². The summed E-state index contributed by atoms with van der Waals surface area (Å²) in [6, 6.07) is 13.8. The molecule has 2 aromatic heterocycles. The number of imidazole rings is 1. The molecule has 2 aromatic carbocycles. The van der Waals surface area contributed by atoms with Gasteiger partial charge < -0.3 is 15.4 Å². The Balaban J connectivity index is 1.52. The molecule has 0 fully saturated rings. The number of nitrogens with one attached hydrogen (secondary N) is 2. The molecule has 0 saturated carbocycles. The predicted molar refractivity (Wildman–Crippen MR) is 123 cm³/mol. The zero-order chi connectivity index (χ0) is 21.8. The number of rotatable bonds is 7. The van der Waals surface area contributed by atoms with Crippen LogP contribution in [0.4, 0.5) is 11.5 Å². The van der Waals surface area contributed by atoms with Gasteiger partial charge in [0.05, 0.1) is 13.3 Å². The minimum Gasteiger partial charge on any atom is -0.497 e. The first kappa shape index (κ1) is 20.4. The Hall–Kier alpha value is -3.87. The second-order valence-electron chi connectivity index (χ2n) is 7.45. The highest BCUT2D eigenvalue weighted by Crippen LogP contribution is 2.30. The van der Waals surface area contributed by atoms with Crippen LogP contribution in [-0.4, -0.2) is 33.9 Å². The highest BCUT2D eigenvalue weighted by Gasteiger charge is 2.15. The summed E-state index contributed by atoms with van der Waals surface area (Å²) in [7, 11) is 1.64. The Kier molecular flexibility index (Phi) is 5.84. The van der Waals surface area contributed by atoms with Gasteiger partial charge in [-0.15, -0.1) is 0 Å². The first-order chi connectivity index (χ1) is 15.0. The fourth-order valence-electron chi connectivity index (χ4n) is 3.61. The summed E-state index contributed by atoms with van der Waals surface area (Å²) in [4.78, 5) is 21.4. The molecule has 0 unspecified atom stereocenters. The van der Waals surface area contributed by atoms with E-state index < -0.39 is 0 Å². The van der Waals surface area contributed by atoms with E-state index in [9.17, 15) is 4.79 Å². The van der Waals surface area contributed by atoms with E-state index in [-0.39, 0.29) is 5.91 Å². The summed E-state index contributed by atoms with van der Waals surface area (Å²) in [6.45, 7) is 4.50. The van der Waals surface area contributed by atoms with Gasteiger partial charge in [0, 0.05) is 36.6 Å². The van der Waals surface area contributed by atoms with Gasteiger partial charge in [-0.05, 0) is 49.2 Å². The third-order valence-corrected chi connectivity index (χ3v) is 4.92. The van der Waals surface area contributed by atoms with Crippen molar-refractivity contribution < 1.29 is 9.53 Å². The second kappa shape index (κ2) is 8.87. The van der Waals surface area contributed by atoms with Crippen molar-refractivity contribution in [1.82, 2.24) is 14.4 Å². The van der Waals surface area contributed by atoms with Gasteiger partial charge in [0.1, 0.15) is 17.3 Å². The summed E-state index contributed by atoms with van der Waals surface area (Å²) >= 11 is 0. The van der Waals surface area contributed by atoms with Gasteiger partial charge in [-0.1, -0.05) is 18.2 Å². The van der Waals surface area contributed by atoms with Crippen molar-refractivity contribution in [3.63, 3.8) is 0 Å². The van der Waals surface area contributed by atoms with Crippen molar-refractivity contribution in [2.75, 3.05) is 24.3 Å². The summed E-state index contributed by atoms with van der Waals surface area (Å²) in [5, 5.41) is 6.36. The van der Waals surface area contributed by atoms with Crippen LogP contribution in [0.3, 0.4) is 0 Å². The molecule has 2 heterocycles. The van der Waals surface area contributed by atoms with E-state index in [2.05, 4.69) is 21.7 Å². The number of nitrogens with zero attached hydrogens (tertiary/aromatic N) is 3. The molecule has 0 aliphatic carbocycles. The highest BCUT2D eigenvalue weighted by atomic mass is 16.5. The molecule has 4 aromatic rings. The van der Waals surface area contributed by atoms with Gasteiger partial charge in [0.15, 0.2) is 5.65 Å². The first-order valence-corrected chi connectivity index (χ1v) is 10.1. The molecule has 0 atom stereocenters. The maximum atomic E-state index is 12.5. The number of carbonyl (C=O) groups is 1. The third kappa shape index (κ3) is 4.66. The van der Waals surface area contributed by atoms with Crippen molar-refractivity contribution >= 4 is 23.1 Å². The number of amides is 1. The fourth-order valence-corrected chi connectivity index (χ4v) is 3.61. The first-order valence-electron chi connectivity index (χ1n) is 10.1. The van der Waals surface area contributed by atoms with E-state index in [1.807, 2.05) is 60.8 Å². The topological polar surface area (TPSA) is 80.6 Å². The molecule has 0 aliphatic heterocycles. The van der Waals surface area contributed by atoms with Crippen molar-refractivity contribution in [2.24, 2.45) is 0 Å². The van der Waals surface area contributed by atoms with Crippen LogP contribution < -0.4 is 15.4 Å². The Morgan fingerprint density at radius 3 is 2.71 bits per heavy atom. The SMILES string of the molecule is COc1cccc(-c2nc3cnccn3c2NCCC(=O)Nc2cc(C)cc(C)c2)c1. The van der Waals surface area contributed by atoms with Crippen molar-refractivity contribution in [3.8, 4) is 17.0 Å². The number of ether oxygens (including phenoxy) is 1. The quantitative estimate of drug-likeness (QED) is 0.466. The minimum absolute atomic E-state index is 0.0454. The molecule has 0 spiro atoms. The Labute approximate surface area is 181 Å². The minimum atomic E-state index is -0.0454. The molecule has 0 saturated heterocycles. The van der Waals surface area contributed by atoms with Crippen LogP contribution in [0.5, 0.6) is 5.75 Å². The van der Waals surface area contributed by atoms with Crippen LogP contribution in [0, 0.1) is 13.8 Å². The zero-order valence-corrected chi connectivity index (χ0v) is 17.8. The summed E-state index contributed by atoms with van der Waals surface area (Å²) < 4.78 is 7.29. The van der Waals surface area contributed by atoms with Crippen LogP contribution in [0.15, 0.2) is 61.1 Å². The normalized spacial score (nSPS) is 10.8. The van der Waals surface area contributed by atoms with E-state index in [1.54, 1.807) is 19.5 Å². The number of carbonyl (C=O) groups excluding carboxylic acids is 1. The lowest BCUT2D eigenvalue weighted by atomic mass is 10.1. The molecular weight excluding hydrogens is 390 g/mol. The zero-order valence-electron chi connectivity index (χ0n) is 17.8. The molecule has 4 rings (SSSR count). The molecule has 0 aliphatic rings. The lowest BCUT2D eigenvalue weighted by Gasteiger charge is -2.11. The lowest BCUT2D eigenvalue weighted by molar-refractivity contribution is -0.115. The number of fused-ring (bicyclic) bond motifs is 1. The van der Waals surface area contributed by atoms with Crippen LogP contribution >= 0.6 is 0 Å². The fraction of sp³-hybridized carbons (Fsp3) is 0.208. The molecular formula is C24H25N5O2. The van der Waals surface area contributed by atoms with Crippen molar-refractivity contribution in [1.29, 1.82) is 0 Å². The molecule has 158 valence electrons. The molecule has 0 bridgehead atoms. The molecule has 2 N–H and O–H groups in total. The van der Waals surface area contributed by atoms with E-state index in [0.717, 1.165) is 45.3 Å². The number of hydrogen-bond acceptors (Lipinski definition) is 5. The maximum Gasteiger partial charge on any atom is 0.226 e. The number of hydrogen-bond donors (Lipinski definition) is 2. The van der Waals surface area contributed by atoms with E-state index in [4.69, 9.17) is 9.72 Å². The molecule has 0 radical (unpaired) electrons. The third-order valence-electron chi connectivity index (χ3n) is 4.92. The Morgan fingerprint density at radius 1 is 1.13 bits per heavy atom. The standard InChI is InChI=1S/C24H25N5O2/c1-16-11-17(2)13-19(12-16)27-22(30)7-8-26-24-23(18-5-4-6-20(14-18)31-3)28-21-15-25-9-10-29(21)24/h4-6,9-15,26H,7-8H2,1-3H3,(H,27,30). The van der Waals surface area contributed by atoms with Crippen molar-refractivity contribution in [3.05, 3.63) is 72.2 Å². The number of aryl methyl sites for hydroxylation is 2. The Bertz CT molecular complexity index is 1210. The molecule has 1 amide bonds. The molecule has 7 nitrogen and oxygen atoms in total. The number of aromatic nitrogens is 3. The summed E-state index contributed by atoms with van der Waals surface area (Å²) in [6.07, 6.45) is 5.59. The Morgan fingerprint density at radius 2 is 1.94 bits per heavy atom. The van der Waals surface area contributed by atoms with Crippen LogP contribution in [0.1, 0.15) is 17.5 Å². The monoisotopic (exact) mass is 415 g/mol. The predicted octanol–water partition coefficient (Wildman–Crippen LogP) is 4.46. The van der Waals surface area contributed by atoms with Gasteiger partial charge in [0.2, 0.25) is 5.91 Å². The second-order valence-corrected chi connectivity index (χ2v) is 7.45. The lowest BCUT2D eigenvalue weighted by Crippen LogP contribution is -2.17.